The largest absolute Gasteiger partial charge is 0.354 e. The summed E-state index contributed by atoms with van der Waals surface area (Å²) in [5.41, 5.74) is 3.70. The Balaban J connectivity index is 1.34. The van der Waals surface area contributed by atoms with E-state index in [1.54, 1.807) is 27.7 Å². The Morgan fingerprint density at radius 1 is 0.935 bits per heavy atom. The number of rotatable bonds is 3. The molecule has 3 heterocycles. The lowest BCUT2D eigenvalue weighted by Crippen LogP contribution is -2.51. The number of imidazole rings is 1. The fourth-order valence-electron chi connectivity index (χ4n) is 6.21. The molecule has 246 valence electrons. The Kier molecular flexibility index (Phi) is 10.9. The molecule has 2 bridgehead atoms. The van der Waals surface area contributed by atoms with E-state index in [9.17, 15) is 24.0 Å². The molecule has 2 aliphatic rings. The van der Waals surface area contributed by atoms with Crippen molar-refractivity contribution in [3.63, 3.8) is 0 Å². The van der Waals surface area contributed by atoms with Crippen molar-refractivity contribution < 1.29 is 19.2 Å². The van der Waals surface area contributed by atoms with Crippen LogP contribution in [0.4, 0.5) is 0 Å². The fraction of sp³-hybridized carbons (Fsp3) is 0.500. The molecular formula is C34H45N7O5. The van der Waals surface area contributed by atoms with E-state index in [-0.39, 0.29) is 47.7 Å². The molecule has 5 N–H and O–H groups in total. The lowest BCUT2D eigenvalue weighted by Gasteiger charge is -2.31. The highest BCUT2D eigenvalue weighted by molar-refractivity contribution is 5.97. The molecule has 0 radical (unpaired) electrons. The number of nitrogens with zero attached hydrogens (tertiary/aromatic N) is 2. The molecule has 46 heavy (non-hydrogen) atoms. The number of aromatic amines is 1. The van der Waals surface area contributed by atoms with Crippen molar-refractivity contribution in [2.24, 2.45) is 5.92 Å². The van der Waals surface area contributed by atoms with Crippen molar-refractivity contribution in [3.05, 3.63) is 69.6 Å². The number of aryl methyl sites for hydroxylation is 1. The first-order chi connectivity index (χ1) is 22.2. The minimum Gasteiger partial charge on any atom is -0.354 e. The molecule has 0 saturated heterocycles. The van der Waals surface area contributed by atoms with E-state index in [2.05, 4.69) is 38.4 Å². The quantitative estimate of drug-likeness (QED) is 0.297. The van der Waals surface area contributed by atoms with Crippen molar-refractivity contribution in [2.75, 3.05) is 26.2 Å². The van der Waals surface area contributed by atoms with Crippen LogP contribution in [0.25, 0.3) is 11.0 Å². The number of hydrogen-bond acceptors (Lipinski definition) is 6. The summed E-state index contributed by atoms with van der Waals surface area (Å²) in [4.78, 5) is 70.3. The third-order valence-electron chi connectivity index (χ3n) is 9.12. The fourth-order valence-corrected chi connectivity index (χ4v) is 6.21. The molecule has 0 saturated carbocycles. The minimum absolute atomic E-state index is 0.0348. The van der Waals surface area contributed by atoms with Crippen LogP contribution in [0.2, 0.25) is 0 Å². The average Bonchev–Trinajstić information content (AvgIpc) is 3.38. The van der Waals surface area contributed by atoms with Gasteiger partial charge in [-0.2, -0.15) is 0 Å². The maximum atomic E-state index is 13.8. The summed E-state index contributed by atoms with van der Waals surface area (Å²) in [7, 11) is 0. The van der Waals surface area contributed by atoms with Crippen LogP contribution in [0.15, 0.2) is 47.3 Å². The van der Waals surface area contributed by atoms with E-state index in [1.807, 2.05) is 26.0 Å². The van der Waals surface area contributed by atoms with Crippen LogP contribution in [-0.4, -0.2) is 76.3 Å². The number of H-pyrrole nitrogens is 1. The predicted molar refractivity (Wildman–Crippen MR) is 175 cm³/mol. The van der Waals surface area contributed by atoms with Gasteiger partial charge in [0.1, 0.15) is 6.04 Å². The topological polar surface area (TPSA) is 157 Å². The summed E-state index contributed by atoms with van der Waals surface area (Å²) in [6.45, 7) is 6.32. The van der Waals surface area contributed by atoms with Gasteiger partial charge in [-0.1, -0.05) is 44.5 Å². The van der Waals surface area contributed by atoms with Crippen molar-refractivity contribution in [1.29, 1.82) is 0 Å². The summed E-state index contributed by atoms with van der Waals surface area (Å²) in [5.74, 6) is -0.886. The summed E-state index contributed by atoms with van der Waals surface area (Å²) in [6.07, 6.45) is 2.92. The number of fused-ring (bicyclic) bond motifs is 2. The zero-order chi connectivity index (χ0) is 32.6. The van der Waals surface area contributed by atoms with Gasteiger partial charge in [0.25, 0.3) is 5.91 Å². The molecule has 0 spiro atoms. The van der Waals surface area contributed by atoms with Crippen LogP contribution in [0.3, 0.4) is 0 Å². The molecule has 12 nitrogen and oxygen atoms in total. The number of hydrogen-bond donors (Lipinski definition) is 5. The lowest BCUT2D eigenvalue weighted by molar-refractivity contribution is -0.134. The van der Waals surface area contributed by atoms with Gasteiger partial charge < -0.3 is 31.2 Å². The first-order valence-electron chi connectivity index (χ1n) is 16.4. The second-order valence-electron chi connectivity index (χ2n) is 12.3. The molecule has 12 heteroatoms. The Morgan fingerprint density at radius 3 is 2.48 bits per heavy atom. The van der Waals surface area contributed by atoms with Crippen LogP contribution >= 0.6 is 0 Å². The maximum Gasteiger partial charge on any atom is 0.326 e. The van der Waals surface area contributed by atoms with Crippen LogP contribution in [-0.2, 0) is 33.9 Å². The lowest BCUT2D eigenvalue weighted by atomic mass is 9.95. The standard InChI is InChI=1S/C34H45N7O5/c1-3-22(2)30-32(44)36-15-8-18-41-28-20-24(12-13-26(28)38-34(41)46)31(43)35-14-7-17-40(16-6-11-29(42)39-30)33(45)27-19-23-9-4-5-10-25(23)21-37-27/h4-5,9-10,12-13,20,22,27,30,37H,3,6-8,11,14-19,21H2,1-2H3,(H,35,43)(H,36,44)(H,38,46)(H,39,42)/t22-,27+,30?/m0/s1. The van der Waals surface area contributed by atoms with Crippen molar-refractivity contribution in [2.45, 2.75) is 77.5 Å². The van der Waals surface area contributed by atoms with Crippen LogP contribution in [0, 0.1) is 5.92 Å². The van der Waals surface area contributed by atoms with Crippen molar-refractivity contribution in [1.82, 2.24) is 35.7 Å². The monoisotopic (exact) mass is 631 g/mol. The molecule has 4 amide bonds. The highest BCUT2D eigenvalue weighted by atomic mass is 16.2. The molecule has 1 unspecified atom stereocenters. The third kappa shape index (κ3) is 7.85. The summed E-state index contributed by atoms with van der Waals surface area (Å²) in [6, 6.07) is 12.1. The Bertz CT molecular complexity index is 1630. The third-order valence-corrected chi connectivity index (χ3v) is 9.12. The van der Waals surface area contributed by atoms with Gasteiger partial charge in [0.05, 0.1) is 17.1 Å². The van der Waals surface area contributed by atoms with Gasteiger partial charge in [-0.3, -0.25) is 23.7 Å². The first kappa shape index (κ1) is 32.9. The van der Waals surface area contributed by atoms with E-state index in [0.29, 0.717) is 88.0 Å². The normalized spacial score (nSPS) is 21.4. The molecule has 0 fully saturated rings. The maximum absolute atomic E-state index is 13.8. The molecule has 1 aromatic heterocycles. The van der Waals surface area contributed by atoms with Gasteiger partial charge in [-0.15, -0.1) is 0 Å². The average molecular weight is 632 g/mol. The van der Waals surface area contributed by atoms with Gasteiger partial charge >= 0.3 is 5.69 Å². The first-order valence-corrected chi connectivity index (χ1v) is 16.4. The summed E-state index contributed by atoms with van der Waals surface area (Å²) in [5, 5.41) is 12.2. The molecule has 5 rings (SSSR count). The number of carbonyl (C=O) groups excluding carboxylic acids is 4. The van der Waals surface area contributed by atoms with Gasteiger partial charge in [-0.25, -0.2) is 4.79 Å². The Labute approximate surface area is 268 Å². The predicted octanol–water partition coefficient (Wildman–Crippen LogP) is 1.82. The minimum atomic E-state index is -0.689. The van der Waals surface area contributed by atoms with Gasteiger partial charge in [0.15, 0.2) is 0 Å². The molecule has 0 aliphatic carbocycles. The SMILES string of the molecule is CC[C@H](C)C1NC(=O)CCCN(C(=O)[C@H]2Cc3ccccc3CN2)CCCNC(=O)c2ccc3[nH]c(=O)n(c3c2)CCCNC1=O. The van der Waals surface area contributed by atoms with Gasteiger partial charge in [0, 0.05) is 51.3 Å². The summed E-state index contributed by atoms with van der Waals surface area (Å²) < 4.78 is 1.57. The number of carbonyl (C=O) groups is 4. The second kappa shape index (κ2) is 15.2. The van der Waals surface area contributed by atoms with Crippen molar-refractivity contribution >= 4 is 34.7 Å². The van der Waals surface area contributed by atoms with E-state index >= 15 is 0 Å². The highest BCUT2D eigenvalue weighted by Gasteiger charge is 2.29. The number of nitrogens with one attached hydrogen (secondary N) is 5. The van der Waals surface area contributed by atoms with Crippen LogP contribution in [0.5, 0.6) is 0 Å². The Hall–Kier alpha value is -4.45. The molecule has 3 aromatic rings. The zero-order valence-corrected chi connectivity index (χ0v) is 26.7. The smallest absolute Gasteiger partial charge is 0.326 e. The van der Waals surface area contributed by atoms with Crippen molar-refractivity contribution in [3.8, 4) is 0 Å². The van der Waals surface area contributed by atoms with E-state index in [4.69, 9.17) is 0 Å². The zero-order valence-electron chi connectivity index (χ0n) is 26.7. The van der Waals surface area contributed by atoms with E-state index < -0.39 is 6.04 Å². The van der Waals surface area contributed by atoms with E-state index in [1.165, 1.54) is 5.56 Å². The highest BCUT2D eigenvalue weighted by Crippen LogP contribution is 2.18. The number of amides is 4. The molecule has 2 aliphatic heterocycles. The van der Waals surface area contributed by atoms with Crippen LogP contribution < -0.4 is 27.0 Å². The van der Waals surface area contributed by atoms with Gasteiger partial charge in [0.2, 0.25) is 17.7 Å². The van der Waals surface area contributed by atoms with Crippen LogP contribution in [0.1, 0.15) is 67.4 Å². The Morgan fingerprint density at radius 2 is 1.67 bits per heavy atom. The number of aromatic nitrogens is 2. The summed E-state index contributed by atoms with van der Waals surface area (Å²) >= 11 is 0. The molecular weight excluding hydrogens is 586 g/mol. The molecule has 3 atom stereocenters. The van der Waals surface area contributed by atoms with E-state index in [0.717, 1.165) is 5.56 Å². The van der Waals surface area contributed by atoms with Gasteiger partial charge in [-0.05, 0) is 60.9 Å². The second-order valence-corrected chi connectivity index (χ2v) is 12.3. The number of benzene rings is 2. The molecule has 2 aromatic carbocycles.